The Labute approximate surface area is 224 Å². The van der Waals surface area contributed by atoms with Gasteiger partial charge in [-0.2, -0.15) is 0 Å². The average molecular weight is 532 g/mol. The van der Waals surface area contributed by atoms with Gasteiger partial charge < -0.3 is 19.2 Å². The average Bonchev–Trinajstić information content (AvgIpc) is 3.54. The first kappa shape index (κ1) is 25.4. The monoisotopic (exact) mass is 531 g/mol. The summed E-state index contributed by atoms with van der Waals surface area (Å²) in [5, 5.41) is 10.1. The highest BCUT2D eigenvalue weighted by atomic mass is 19.1. The molecule has 1 amide bonds. The number of hydrogen-bond acceptors (Lipinski definition) is 6. The molecule has 0 unspecified atom stereocenters. The lowest BCUT2D eigenvalue weighted by Gasteiger charge is -2.29. The standard InChI is InChI=1S/C30H30FN3O5/c31-20-15-21(17-38-22-8-6-19(7-9-22)30(36)37)34(16-20)28(35)14-18-5-10-26-27(13-18)39-29(33-26)24-11-12-32-25-4-2-1-3-23(24)25/h1-5,10-13,19-22H,6-9,14-17H2,(H,36,37)/t19?,20-,21-,22?/m0/s1. The van der Waals surface area contributed by atoms with Crippen LogP contribution in [0.5, 0.6) is 0 Å². The second-order valence-corrected chi connectivity index (χ2v) is 10.6. The van der Waals surface area contributed by atoms with Gasteiger partial charge in [0.05, 0.1) is 43.2 Å². The number of carboxylic acids is 1. The third-order valence-corrected chi connectivity index (χ3v) is 7.92. The van der Waals surface area contributed by atoms with Gasteiger partial charge in [0.15, 0.2) is 5.58 Å². The molecule has 0 bridgehead atoms. The summed E-state index contributed by atoms with van der Waals surface area (Å²) in [5.41, 5.74) is 3.74. The molecule has 1 aliphatic carbocycles. The van der Waals surface area contributed by atoms with Crippen molar-refractivity contribution in [1.82, 2.24) is 14.9 Å². The van der Waals surface area contributed by atoms with Gasteiger partial charge >= 0.3 is 5.97 Å². The van der Waals surface area contributed by atoms with E-state index < -0.39 is 12.1 Å². The van der Waals surface area contributed by atoms with E-state index in [1.54, 1.807) is 11.1 Å². The molecule has 0 radical (unpaired) electrons. The quantitative estimate of drug-likeness (QED) is 0.350. The number of pyridine rings is 1. The van der Waals surface area contributed by atoms with Crippen LogP contribution < -0.4 is 0 Å². The first-order chi connectivity index (χ1) is 18.9. The number of aliphatic carboxylic acids is 1. The molecule has 0 spiro atoms. The molecule has 1 saturated carbocycles. The smallest absolute Gasteiger partial charge is 0.306 e. The van der Waals surface area contributed by atoms with Crippen LogP contribution >= 0.6 is 0 Å². The number of benzene rings is 2. The van der Waals surface area contributed by atoms with Crippen LogP contribution in [0.15, 0.2) is 59.1 Å². The van der Waals surface area contributed by atoms with Gasteiger partial charge in [0.2, 0.25) is 11.8 Å². The van der Waals surface area contributed by atoms with Gasteiger partial charge in [0.1, 0.15) is 11.7 Å². The number of carboxylic acid groups (broad SMARTS) is 1. The van der Waals surface area contributed by atoms with Crippen molar-refractivity contribution in [2.75, 3.05) is 13.2 Å². The van der Waals surface area contributed by atoms with Crippen LogP contribution in [0.3, 0.4) is 0 Å². The number of carbonyl (C=O) groups is 2. The van der Waals surface area contributed by atoms with E-state index in [0.29, 0.717) is 42.7 Å². The summed E-state index contributed by atoms with van der Waals surface area (Å²) in [6.45, 7) is 0.321. The number of alkyl halides is 1. The third-order valence-electron chi connectivity index (χ3n) is 7.92. The zero-order valence-electron chi connectivity index (χ0n) is 21.5. The van der Waals surface area contributed by atoms with Crippen LogP contribution in [-0.2, 0) is 20.7 Å². The predicted molar refractivity (Wildman–Crippen MR) is 143 cm³/mol. The van der Waals surface area contributed by atoms with Crippen molar-refractivity contribution in [2.24, 2.45) is 5.92 Å². The summed E-state index contributed by atoms with van der Waals surface area (Å²) < 4.78 is 26.5. The Morgan fingerprint density at radius 2 is 1.90 bits per heavy atom. The molecule has 2 atom stereocenters. The molecule has 202 valence electrons. The molecular formula is C30H30FN3O5. The van der Waals surface area contributed by atoms with Gasteiger partial charge in [-0.1, -0.05) is 24.3 Å². The number of aromatic nitrogens is 2. The minimum absolute atomic E-state index is 0.0446. The first-order valence-corrected chi connectivity index (χ1v) is 13.5. The van der Waals surface area contributed by atoms with Crippen LogP contribution in [0.2, 0.25) is 0 Å². The van der Waals surface area contributed by atoms with Gasteiger partial charge in [0.25, 0.3) is 0 Å². The summed E-state index contributed by atoms with van der Waals surface area (Å²) in [6.07, 6.45) is 3.49. The molecular weight excluding hydrogens is 501 g/mol. The first-order valence-electron chi connectivity index (χ1n) is 13.5. The normalized spacial score (nSPS) is 23.5. The Morgan fingerprint density at radius 3 is 2.72 bits per heavy atom. The largest absolute Gasteiger partial charge is 0.481 e. The summed E-state index contributed by atoms with van der Waals surface area (Å²) in [7, 11) is 0. The fraction of sp³-hybridized carbons (Fsp3) is 0.400. The van der Waals surface area contributed by atoms with Crippen LogP contribution in [-0.4, -0.2) is 63.3 Å². The molecule has 2 aromatic heterocycles. The number of likely N-dealkylation sites (tertiary alicyclic amines) is 1. The number of carbonyl (C=O) groups excluding carboxylic acids is 1. The number of fused-ring (bicyclic) bond motifs is 2. The Balaban J connectivity index is 1.12. The van der Waals surface area contributed by atoms with Crippen LogP contribution in [0.4, 0.5) is 4.39 Å². The fourth-order valence-corrected chi connectivity index (χ4v) is 5.80. The Morgan fingerprint density at radius 1 is 1.08 bits per heavy atom. The molecule has 39 heavy (non-hydrogen) atoms. The lowest BCUT2D eigenvalue weighted by molar-refractivity contribution is -0.144. The van der Waals surface area contributed by atoms with E-state index in [0.717, 1.165) is 22.0 Å². The van der Waals surface area contributed by atoms with E-state index in [1.165, 1.54) is 0 Å². The van der Waals surface area contributed by atoms with Gasteiger partial charge in [0, 0.05) is 23.6 Å². The van der Waals surface area contributed by atoms with Crippen molar-refractivity contribution in [3.05, 3.63) is 60.3 Å². The molecule has 2 fully saturated rings. The molecule has 1 saturated heterocycles. The maximum atomic E-state index is 14.4. The second-order valence-electron chi connectivity index (χ2n) is 10.6. The van der Waals surface area contributed by atoms with E-state index in [4.69, 9.17) is 9.15 Å². The molecule has 1 aliphatic heterocycles. The number of amides is 1. The highest BCUT2D eigenvalue weighted by Crippen LogP contribution is 2.31. The fourth-order valence-electron chi connectivity index (χ4n) is 5.80. The molecule has 2 aromatic carbocycles. The van der Waals surface area contributed by atoms with Crippen molar-refractivity contribution >= 4 is 33.9 Å². The Bertz CT molecular complexity index is 1510. The predicted octanol–water partition coefficient (Wildman–Crippen LogP) is 5.18. The van der Waals surface area contributed by atoms with Gasteiger partial charge in [-0.25, -0.2) is 9.37 Å². The molecule has 3 heterocycles. The Kier molecular flexibility index (Phi) is 6.99. The number of para-hydroxylation sites is 1. The van der Waals surface area contributed by atoms with E-state index in [-0.39, 0.29) is 50.0 Å². The third kappa shape index (κ3) is 5.36. The van der Waals surface area contributed by atoms with Crippen LogP contribution in [0, 0.1) is 5.92 Å². The van der Waals surface area contributed by atoms with Crippen LogP contribution in [0.1, 0.15) is 37.7 Å². The van der Waals surface area contributed by atoms with Gasteiger partial charge in [-0.3, -0.25) is 14.6 Å². The van der Waals surface area contributed by atoms with Crippen molar-refractivity contribution in [2.45, 2.75) is 56.8 Å². The topological polar surface area (TPSA) is 106 Å². The summed E-state index contributed by atoms with van der Waals surface area (Å²) in [4.78, 5) is 35.0. The molecule has 9 heteroatoms. The molecule has 2 aliphatic rings. The highest BCUT2D eigenvalue weighted by molar-refractivity contribution is 5.93. The number of nitrogens with zero attached hydrogens (tertiary/aromatic N) is 3. The molecule has 8 nitrogen and oxygen atoms in total. The summed E-state index contributed by atoms with van der Waals surface area (Å²) in [5.74, 6) is -0.739. The number of oxazole rings is 1. The maximum absolute atomic E-state index is 14.4. The minimum Gasteiger partial charge on any atom is -0.481 e. The van der Waals surface area contributed by atoms with Gasteiger partial charge in [-0.05, 0) is 55.5 Å². The molecule has 4 aromatic rings. The number of hydrogen-bond donors (Lipinski definition) is 1. The van der Waals surface area contributed by atoms with E-state index in [9.17, 15) is 19.1 Å². The maximum Gasteiger partial charge on any atom is 0.306 e. The number of rotatable bonds is 7. The second kappa shape index (κ2) is 10.7. The Hall–Kier alpha value is -3.85. The van der Waals surface area contributed by atoms with Crippen molar-refractivity contribution in [1.29, 1.82) is 0 Å². The molecule has 6 rings (SSSR count). The zero-order chi connectivity index (χ0) is 26.9. The van der Waals surface area contributed by atoms with E-state index in [2.05, 4.69) is 9.97 Å². The number of ether oxygens (including phenoxy) is 1. The van der Waals surface area contributed by atoms with Crippen molar-refractivity contribution in [3.8, 4) is 11.5 Å². The SMILES string of the molecule is O=C(O)C1CCC(OC[C@@H]2C[C@H](F)CN2C(=O)Cc2ccc3nc(-c4ccnc5ccccc45)oc3c2)CC1. The van der Waals surface area contributed by atoms with Gasteiger partial charge in [-0.15, -0.1) is 0 Å². The minimum atomic E-state index is -1.08. The lowest BCUT2D eigenvalue weighted by Crippen LogP contribution is -2.40. The van der Waals surface area contributed by atoms with E-state index >= 15 is 0 Å². The summed E-state index contributed by atoms with van der Waals surface area (Å²) in [6, 6.07) is 14.9. The highest BCUT2D eigenvalue weighted by Gasteiger charge is 2.36. The number of halogens is 1. The van der Waals surface area contributed by atoms with E-state index in [1.807, 2.05) is 48.5 Å². The van der Waals surface area contributed by atoms with Crippen LogP contribution in [0.25, 0.3) is 33.5 Å². The van der Waals surface area contributed by atoms with Crippen molar-refractivity contribution in [3.63, 3.8) is 0 Å². The summed E-state index contributed by atoms with van der Waals surface area (Å²) >= 11 is 0. The molecule has 1 N–H and O–H groups in total. The lowest BCUT2D eigenvalue weighted by atomic mass is 9.87. The zero-order valence-corrected chi connectivity index (χ0v) is 21.5. The van der Waals surface area contributed by atoms with Crippen molar-refractivity contribution < 1.29 is 28.2 Å².